The number of hydrogen-bond acceptors (Lipinski definition) is 5. The fourth-order valence-corrected chi connectivity index (χ4v) is 3.88. The maximum atomic E-state index is 11.0. The van der Waals surface area contributed by atoms with Gasteiger partial charge in [0.05, 0.1) is 16.9 Å². The van der Waals surface area contributed by atoms with Gasteiger partial charge in [-0.3, -0.25) is 15.1 Å². The average molecular weight is 265 g/mol. The molecule has 2 aliphatic heterocycles. The molecule has 3 unspecified atom stereocenters. The van der Waals surface area contributed by atoms with Gasteiger partial charge in [0, 0.05) is 30.8 Å². The van der Waals surface area contributed by atoms with Crippen molar-refractivity contribution < 1.29 is 4.92 Å². The molecular formula is C12H15N3O2S. The molecule has 1 aliphatic carbocycles. The van der Waals surface area contributed by atoms with Crippen LogP contribution in [0.25, 0.3) is 0 Å². The first kappa shape index (κ1) is 11.8. The second-order valence-corrected chi connectivity index (χ2v) is 5.94. The number of amidine groups is 1. The summed E-state index contributed by atoms with van der Waals surface area (Å²) in [7, 11) is 0. The number of fused-ring (bicyclic) bond motifs is 1. The molecule has 0 aromatic rings. The van der Waals surface area contributed by atoms with E-state index in [0.29, 0.717) is 5.70 Å². The maximum Gasteiger partial charge on any atom is 0.249 e. The third-order valence-corrected chi connectivity index (χ3v) is 4.85. The molecular weight excluding hydrogens is 250 g/mol. The lowest BCUT2D eigenvalue weighted by Crippen LogP contribution is -2.33. The number of rotatable bonds is 2. The Hall–Kier alpha value is -1.30. The first-order chi connectivity index (χ1) is 8.66. The number of thioether (sulfide) groups is 1. The molecule has 96 valence electrons. The molecule has 0 aromatic carbocycles. The summed E-state index contributed by atoms with van der Waals surface area (Å²) in [5.74, 6) is 1.19. The van der Waals surface area contributed by atoms with E-state index in [1.807, 2.05) is 6.92 Å². The largest absolute Gasteiger partial charge is 0.348 e. The molecule has 0 saturated carbocycles. The minimum atomic E-state index is -0.265. The molecule has 1 fully saturated rings. The molecule has 0 radical (unpaired) electrons. The van der Waals surface area contributed by atoms with Crippen LogP contribution < -0.4 is 0 Å². The van der Waals surface area contributed by atoms with Crippen LogP contribution in [0.15, 0.2) is 28.9 Å². The van der Waals surface area contributed by atoms with Crippen molar-refractivity contribution in [1.29, 1.82) is 0 Å². The van der Waals surface area contributed by atoms with Crippen molar-refractivity contribution in [2.24, 2.45) is 16.8 Å². The van der Waals surface area contributed by atoms with Gasteiger partial charge < -0.3 is 4.90 Å². The Bertz CT molecular complexity index is 472. The molecule has 18 heavy (non-hydrogen) atoms. The Kier molecular flexibility index (Phi) is 2.89. The highest BCUT2D eigenvalue weighted by molar-refractivity contribution is 8.14. The highest BCUT2D eigenvalue weighted by atomic mass is 32.2. The van der Waals surface area contributed by atoms with E-state index in [1.54, 1.807) is 23.9 Å². The van der Waals surface area contributed by atoms with Crippen LogP contribution in [-0.2, 0) is 0 Å². The Morgan fingerprint density at radius 3 is 3.17 bits per heavy atom. The highest BCUT2D eigenvalue weighted by Crippen LogP contribution is 2.35. The zero-order valence-corrected chi connectivity index (χ0v) is 11.0. The SMILES string of the molecule is CC1C([N+](=O)[O-])=CC=CC1C1CN2CCSC2=N1. The second-order valence-electron chi connectivity index (χ2n) is 4.87. The normalized spacial score (nSPS) is 34.3. The Morgan fingerprint density at radius 1 is 1.61 bits per heavy atom. The molecule has 3 rings (SSSR count). The second kappa shape index (κ2) is 4.42. The van der Waals surface area contributed by atoms with Crippen molar-refractivity contribution in [1.82, 2.24) is 4.90 Å². The molecule has 5 nitrogen and oxygen atoms in total. The van der Waals surface area contributed by atoms with Gasteiger partial charge >= 0.3 is 0 Å². The summed E-state index contributed by atoms with van der Waals surface area (Å²) in [4.78, 5) is 17.7. The van der Waals surface area contributed by atoms with Crippen molar-refractivity contribution in [3.63, 3.8) is 0 Å². The fraction of sp³-hybridized carbons (Fsp3) is 0.583. The predicted octanol–water partition coefficient (Wildman–Crippen LogP) is 1.76. The van der Waals surface area contributed by atoms with Gasteiger partial charge in [-0.1, -0.05) is 30.8 Å². The molecule has 0 aromatic heterocycles. The summed E-state index contributed by atoms with van der Waals surface area (Å²) in [5.41, 5.74) is 0.308. The smallest absolute Gasteiger partial charge is 0.249 e. The van der Waals surface area contributed by atoms with E-state index in [9.17, 15) is 10.1 Å². The molecule has 3 aliphatic rings. The topological polar surface area (TPSA) is 58.7 Å². The van der Waals surface area contributed by atoms with Crippen LogP contribution >= 0.6 is 11.8 Å². The summed E-state index contributed by atoms with van der Waals surface area (Å²) in [6.45, 7) is 3.90. The lowest BCUT2D eigenvalue weighted by Gasteiger charge is -2.25. The van der Waals surface area contributed by atoms with E-state index in [0.717, 1.165) is 24.0 Å². The number of nitro groups is 1. The first-order valence-electron chi connectivity index (χ1n) is 6.15. The van der Waals surface area contributed by atoms with Gasteiger partial charge in [0.15, 0.2) is 5.17 Å². The molecule has 2 heterocycles. The summed E-state index contributed by atoms with van der Waals surface area (Å²) in [6, 6.07) is 0.169. The van der Waals surface area contributed by atoms with Gasteiger partial charge in [0.25, 0.3) is 0 Å². The van der Waals surface area contributed by atoms with Gasteiger partial charge in [-0.05, 0) is 0 Å². The number of hydrogen-bond donors (Lipinski definition) is 0. The van der Waals surface area contributed by atoms with E-state index < -0.39 is 0 Å². The predicted molar refractivity (Wildman–Crippen MR) is 72.1 cm³/mol. The van der Waals surface area contributed by atoms with Crippen molar-refractivity contribution in [2.45, 2.75) is 13.0 Å². The Morgan fingerprint density at radius 2 is 2.44 bits per heavy atom. The third-order valence-electron chi connectivity index (χ3n) is 3.85. The quantitative estimate of drug-likeness (QED) is 0.564. The molecule has 0 N–H and O–H groups in total. The van der Waals surface area contributed by atoms with Crippen molar-refractivity contribution >= 4 is 16.9 Å². The van der Waals surface area contributed by atoms with Crippen LogP contribution in [0.4, 0.5) is 0 Å². The van der Waals surface area contributed by atoms with E-state index in [2.05, 4.69) is 11.0 Å². The van der Waals surface area contributed by atoms with Gasteiger partial charge in [0.1, 0.15) is 0 Å². The molecule has 6 heteroatoms. The van der Waals surface area contributed by atoms with Crippen LogP contribution in [0.3, 0.4) is 0 Å². The standard InChI is InChI=1S/C12H15N3O2S/c1-8-9(3-2-4-11(8)15(16)17)10-7-14-5-6-18-12(14)13-10/h2-4,8-10H,5-7H2,1H3. The lowest BCUT2D eigenvalue weighted by molar-refractivity contribution is -0.434. The highest BCUT2D eigenvalue weighted by Gasteiger charge is 2.39. The Balaban J connectivity index is 1.79. The zero-order chi connectivity index (χ0) is 12.7. The van der Waals surface area contributed by atoms with Gasteiger partial charge in [-0.2, -0.15) is 0 Å². The molecule has 0 bridgehead atoms. The number of nitrogens with zero attached hydrogens (tertiary/aromatic N) is 3. The average Bonchev–Trinajstić information content (AvgIpc) is 2.89. The van der Waals surface area contributed by atoms with Gasteiger partial charge in [0.2, 0.25) is 5.70 Å². The molecule has 1 saturated heterocycles. The van der Waals surface area contributed by atoms with E-state index in [1.165, 1.54) is 0 Å². The van der Waals surface area contributed by atoms with Crippen LogP contribution in [0.1, 0.15) is 6.92 Å². The minimum absolute atomic E-state index is 0.0654. The van der Waals surface area contributed by atoms with Crippen molar-refractivity contribution in [2.75, 3.05) is 18.8 Å². The molecule has 0 spiro atoms. The van der Waals surface area contributed by atoms with Gasteiger partial charge in [-0.25, -0.2) is 0 Å². The van der Waals surface area contributed by atoms with Crippen molar-refractivity contribution in [3.8, 4) is 0 Å². The molecule has 3 atom stereocenters. The van der Waals surface area contributed by atoms with Gasteiger partial charge in [-0.15, -0.1) is 0 Å². The first-order valence-corrected chi connectivity index (χ1v) is 7.13. The number of aliphatic imine (C=N–C) groups is 1. The van der Waals surface area contributed by atoms with Crippen LogP contribution in [0, 0.1) is 22.0 Å². The summed E-state index contributed by atoms with van der Waals surface area (Å²) in [6.07, 6.45) is 5.48. The summed E-state index contributed by atoms with van der Waals surface area (Å²) < 4.78 is 0. The number of allylic oxidation sites excluding steroid dienone is 3. The van der Waals surface area contributed by atoms with Crippen LogP contribution in [0.5, 0.6) is 0 Å². The third kappa shape index (κ3) is 1.84. The van der Waals surface area contributed by atoms with E-state index in [-0.39, 0.29) is 22.8 Å². The van der Waals surface area contributed by atoms with E-state index >= 15 is 0 Å². The minimum Gasteiger partial charge on any atom is -0.348 e. The monoisotopic (exact) mass is 265 g/mol. The lowest BCUT2D eigenvalue weighted by atomic mass is 9.82. The Labute approximate surface area is 110 Å². The zero-order valence-electron chi connectivity index (χ0n) is 10.2. The summed E-state index contributed by atoms with van der Waals surface area (Å²) in [5, 5.41) is 12.1. The van der Waals surface area contributed by atoms with Crippen LogP contribution in [0.2, 0.25) is 0 Å². The van der Waals surface area contributed by atoms with Crippen LogP contribution in [-0.4, -0.2) is 39.9 Å². The van der Waals surface area contributed by atoms with Crippen molar-refractivity contribution in [3.05, 3.63) is 34.0 Å². The fourth-order valence-electron chi connectivity index (χ4n) is 2.83. The van der Waals surface area contributed by atoms with E-state index in [4.69, 9.17) is 4.99 Å². The summed E-state index contributed by atoms with van der Waals surface area (Å²) >= 11 is 1.79. The molecule has 0 amide bonds. The maximum absolute atomic E-state index is 11.0.